The maximum absolute atomic E-state index is 9.44. The van der Waals surface area contributed by atoms with Gasteiger partial charge in [-0.25, -0.2) is 0 Å². The highest BCUT2D eigenvalue weighted by Gasteiger charge is 2.40. The molecule has 1 rings (SSSR count). The molecule has 0 aromatic carbocycles. The number of nitrogens with two attached hydrogens (primary N) is 1. The molecule has 5 nitrogen and oxygen atoms in total. The van der Waals surface area contributed by atoms with Gasteiger partial charge in [0, 0.05) is 0 Å². The summed E-state index contributed by atoms with van der Waals surface area (Å²) in [5.74, 6) is 0. The molecule has 0 spiro atoms. The van der Waals surface area contributed by atoms with Crippen molar-refractivity contribution in [2.75, 3.05) is 6.61 Å². The number of hydrogen-bond acceptors (Lipinski definition) is 5. The molecule has 5 unspecified atom stereocenters. The Morgan fingerprint density at radius 2 is 2.00 bits per heavy atom. The van der Waals surface area contributed by atoms with Gasteiger partial charge in [0.1, 0.15) is 6.10 Å². The molecule has 5 atom stereocenters. The van der Waals surface area contributed by atoms with Gasteiger partial charge >= 0.3 is 0 Å². The van der Waals surface area contributed by atoms with Crippen molar-refractivity contribution >= 4 is 22.6 Å². The maximum atomic E-state index is 9.44. The largest absolute Gasteiger partial charge is 0.394 e. The Balaban J connectivity index is 2.63. The molecular weight excluding hydrogens is 277 g/mol. The van der Waals surface area contributed by atoms with Crippen molar-refractivity contribution in [1.29, 1.82) is 0 Å². The van der Waals surface area contributed by atoms with Crippen LogP contribution in [0.3, 0.4) is 0 Å². The fraction of sp³-hybridized carbons (Fsp3) is 1.00. The van der Waals surface area contributed by atoms with Crippen molar-refractivity contribution < 1.29 is 20.1 Å². The van der Waals surface area contributed by atoms with Crippen molar-refractivity contribution in [1.82, 2.24) is 0 Å². The van der Waals surface area contributed by atoms with E-state index in [1.54, 1.807) is 0 Å². The van der Waals surface area contributed by atoms with Crippen LogP contribution in [0, 0.1) is 0 Å². The fourth-order valence-electron chi connectivity index (χ4n) is 1.09. The number of ether oxygens (including phenoxy) is 1. The van der Waals surface area contributed by atoms with Crippen LogP contribution in [0.2, 0.25) is 0 Å². The summed E-state index contributed by atoms with van der Waals surface area (Å²) in [6.45, 7) is -0.315. The molecule has 1 aliphatic rings. The molecule has 0 amide bonds. The number of aliphatic hydroxyl groups excluding tert-OH is 3. The van der Waals surface area contributed by atoms with Gasteiger partial charge in [0.2, 0.25) is 0 Å². The predicted molar refractivity (Wildman–Crippen MR) is 49.8 cm³/mol. The van der Waals surface area contributed by atoms with Gasteiger partial charge < -0.3 is 25.8 Å². The van der Waals surface area contributed by atoms with E-state index in [1.165, 1.54) is 0 Å². The van der Waals surface area contributed by atoms with Crippen molar-refractivity contribution in [3.8, 4) is 0 Å². The highest BCUT2D eigenvalue weighted by atomic mass is 127. The Morgan fingerprint density at radius 1 is 1.42 bits per heavy atom. The molecule has 1 saturated heterocycles. The Hall–Kier alpha value is 0.530. The number of alkyl halides is 1. The summed E-state index contributed by atoms with van der Waals surface area (Å²) in [7, 11) is 0. The highest BCUT2D eigenvalue weighted by Crippen LogP contribution is 2.24. The van der Waals surface area contributed by atoms with Gasteiger partial charge in [-0.05, 0) is 0 Å². The van der Waals surface area contributed by atoms with E-state index in [1.807, 2.05) is 22.6 Å². The van der Waals surface area contributed by atoms with Gasteiger partial charge in [-0.3, -0.25) is 0 Å². The molecule has 1 heterocycles. The zero-order chi connectivity index (χ0) is 9.30. The van der Waals surface area contributed by atoms with Crippen LogP contribution in [-0.2, 0) is 4.74 Å². The lowest BCUT2D eigenvalue weighted by molar-refractivity contribution is -0.211. The van der Waals surface area contributed by atoms with E-state index in [0.29, 0.717) is 0 Å². The first-order valence-electron chi connectivity index (χ1n) is 3.60. The van der Waals surface area contributed by atoms with Crippen LogP contribution >= 0.6 is 22.6 Å². The van der Waals surface area contributed by atoms with Gasteiger partial charge in [0.15, 0.2) is 6.29 Å². The Kier molecular flexibility index (Phi) is 3.68. The normalized spacial score (nSPS) is 49.2. The highest BCUT2D eigenvalue weighted by molar-refractivity contribution is 14.1. The standard InChI is InChI=1S/C6H12INO4/c7-3-4(8)6(11)12-2(1-9)5(3)10/h2-6,9-11H,1,8H2. The minimum absolute atomic E-state index is 0.302. The smallest absolute Gasteiger partial charge is 0.171 e. The molecule has 0 aromatic heterocycles. The Bertz CT molecular complexity index is 154. The average Bonchev–Trinajstić information content (AvgIpc) is 2.08. The van der Waals surface area contributed by atoms with Crippen LogP contribution in [0.25, 0.3) is 0 Å². The zero-order valence-corrected chi connectivity index (χ0v) is 8.46. The lowest BCUT2D eigenvalue weighted by atomic mass is 10.0. The second kappa shape index (κ2) is 4.16. The second-order valence-corrected chi connectivity index (χ2v) is 4.20. The molecule has 0 aromatic rings. The monoisotopic (exact) mass is 289 g/mol. The van der Waals surface area contributed by atoms with Crippen LogP contribution in [0.1, 0.15) is 0 Å². The number of hydrogen-bond donors (Lipinski definition) is 4. The molecule has 0 saturated carbocycles. The van der Waals surface area contributed by atoms with Gasteiger partial charge in [-0.1, -0.05) is 22.6 Å². The van der Waals surface area contributed by atoms with Gasteiger partial charge in [0.05, 0.1) is 22.7 Å². The minimum atomic E-state index is -1.10. The molecule has 5 N–H and O–H groups in total. The molecular formula is C6H12INO4. The first kappa shape index (κ1) is 10.6. The Morgan fingerprint density at radius 3 is 2.50 bits per heavy atom. The van der Waals surface area contributed by atoms with Crippen LogP contribution in [0.4, 0.5) is 0 Å². The zero-order valence-electron chi connectivity index (χ0n) is 6.30. The van der Waals surface area contributed by atoms with E-state index < -0.39 is 24.5 Å². The lowest BCUT2D eigenvalue weighted by Gasteiger charge is -2.38. The van der Waals surface area contributed by atoms with Gasteiger partial charge in [0.25, 0.3) is 0 Å². The van der Waals surface area contributed by atoms with E-state index in [0.717, 1.165) is 0 Å². The second-order valence-electron chi connectivity index (χ2n) is 2.76. The van der Waals surface area contributed by atoms with E-state index in [4.69, 9.17) is 15.6 Å². The summed E-state index contributed by atoms with van der Waals surface area (Å²) in [5, 5.41) is 27.4. The summed E-state index contributed by atoms with van der Waals surface area (Å²) in [6, 6.07) is -0.608. The molecule has 0 radical (unpaired) electrons. The molecule has 6 heteroatoms. The minimum Gasteiger partial charge on any atom is -0.394 e. The van der Waals surface area contributed by atoms with E-state index in [9.17, 15) is 10.2 Å². The van der Waals surface area contributed by atoms with Gasteiger partial charge in [-0.2, -0.15) is 0 Å². The van der Waals surface area contributed by atoms with Crippen molar-refractivity contribution in [3.63, 3.8) is 0 Å². The van der Waals surface area contributed by atoms with Crippen LogP contribution in [0.15, 0.2) is 0 Å². The topological polar surface area (TPSA) is 95.9 Å². The molecule has 0 bridgehead atoms. The summed E-state index contributed by atoms with van der Waals surface area (Å²) in [5.41, 5.74) is 5.50. The molecule has 0 aliphatic carbocycles. The number of halogens is 1. The summed E-state index contributed by atoms with van der Waals surface area (Å²) in [4.78, 5) is 0. The third-order valence-electron chi connectivity index (χ3n) is 1.90. The van der Waals surface area contributed by atoms with Crippen molar-refractivity contribution in [3.05, 3.63) is 0 Å². The third-order valence-corrected chi connectivity index (χ3v) is 3.47. The number of rotatable bonds is 1. The van der Waals surface area contributed by atoms with E-state index in [2.05, 4.69) is 0 Å². The van der Waals surface area contributed by atoms with Crippen molar-refractivity contribution in [2.45, 2.75) is 28.5 Å². The first-order valence-corrected chi connectivity index (χ1v) is 4.84. The molecule has 1 fully saturated rings. The fourth-order valence-corrected chi connectivity index (χ4v) is 1.91. The third kappa shape index (κ3) is 1.88. The van der Waals surface area contributed by atoms with Gasteiger partial charge in [-0.15, -0.1) is 0 Å². The van der Waals surface area contributed by atoms with Crippen molar-refractivity contribution in [2.24, 2.45) is 5.73 Å². The summed E-state index contributed by atoms with van der Waals surface area (Å²) in [6.07, 6.45) is -2.66. The molecule has 1 aliphatic heterocycles. The van der Waals surface area contributed by atoms with Crippen LogP contribution < -0.4 is 5.73 Å². The van der Waals surface area contributed by atoms with Crippen LogP contribution in [0.5, 0.6) is 0 Å². The lowest BCUT2D eigenvalue weighted by Crippen LogP contribution is -2.59. The SMILES string of the molecule is NC1C(O)OC(CO)C(O)C1I. The molecule has 12 heavy (non-hydrogen) atoms. The quantitative estimate of drug-likeness (QED) is 0.337. The average molecular weight is 289 g/mol. The summed E-state index contributed by atoms with van der Waals surface area (Å²) < 4.78 is 4.55. The first-order chi connectivity index (χ1) is 5.57. The maximum Gasteiger partial charge on any atom is 0.171 e. The molecule has 72 valence electrons. The Labute approximate surface area is 83.7 Å². The van der Waals surface area contributed by atoms with E-state index in [-0.39, 0.29) is 10.5 Å². The van der Waals surface area contributed by atoms with Crippen LogP contribution in [-0.4, -0.2) is 50.4 Å². The van der Waals surface area contributed by atoms with E-state index >= 15 is 0 Å². The number of aliphatic hydroxyl groups is 3. The predicted octanol–water partition coefficient (Wildman–Crippen LogP) is -1.81. The summed E-state index contributed by atoms with van der Waals surface area (Å²) >= 11 is 1.94.